The van der Waals surface area contributed by atoms with Gasteiger partial charge in [-0.3, -0.25) is 0 Å². The molecule has 0 unspecified atom stereocenters. The number of para-hydroxylation sites is 1. The summed E-state index contributed by atoms with van der Waals surface area (Å²) >= 11 is 0. The van der Waals surface area contributed by atoms with Crippen molar-refractivity contribution in [1.29, 1.82) is 0 Å². The van der Waals surface area contributed by atoms with E-state index in [0.29, 0.717) is 0 Å². The zero-order valence-corrected chi connectivity index (χ0v) is 12.3. The lowest BCUT2D eigenvalue weighted by Crippen LogP contribution is -2.05. The number of ether oxygens (including phenoxy) is 1. The van der Waals surface area contributed by atoms with Gasteiger partial charge in [0.25, 0.3) is 0 Å². The summed E-state index contributed by atoms with van der Waals surface area (Å²) < 4.78 is 7.55. The Morgan fingerprint density at radius 1 is 1.05 bits per heavy atom. The molecule has 108 valence electrons. The maximum Gasteiger partial charge on any atom is 0.119 e. The number of nitrogens with one attached hydrogen (secondary N) is 1. The SMILES string of the molecule is COc1ccc2c(ccn2CCCNc2ccccc2)c1. The first-order valence-electron chi connectivity index (χ1n) is 7.28. The fraction of sp³-hybridized carbons (Fsp3) is 0.222. The molecular weight excluding hydrogens is 260 g/mol. The van der Waals surface area contributed by atoms with Gasteiger partial charge in [0.05, 0.1) is 7.11 Å². The van der Waals surface area contributed by atoms with Crippen molar-refractivity contribution in [3.63, 3.8) is 0 Å². The second-order valence-corrected chi connectivity index (χ2v) is 5.08. The molecule has 3 aromatic rings. The molecule has 0 radical (unpaired) electrons. The second kappa shape index (κ2) is 6.35. The van der Waals surface area contributed by atoms with Crippen LogP contribution in [0.15, 0.2) is 60.8 Å². The topological polar surface area (TPSA) is 26.2 Å². The van der Waals surface area contributed by atoms with E-state index in [0.717, 1.165) is 25.3 Å². The van der Waals surface area contributed by atoms with Crippen LogP contribution in [0, 0.1) is 0 Å². The number of aromatic nitrogens is 1. The molecule has 1 N–H and O–H groups in total. The van der Waals surface area contributed by atoms with Crippen molar-refractivity contribution < 1.29 is 4.74 Å². The highest BCUT2D eigenvalue weighted by Crippen LogP contribution is 2.22. The van der Waals surface area contributed by atoms with E-state index in [9.17, 15) is 0 Å². The van der Waals surface area contributed by atoms with Crippen LogP contribution in [0.1, 0.15) is 6.42 Å². The van der Waals surface area contributed by atoms with Crippen LogP contribution in [0.25, 0.3) is 10.9 Å². The predicted octanol–water partition coefficient (Wildman–Crippen LogP) is 4.15. The molecule has 2 aromatic carbocycles. The van der Waals surface area contributed by atoms with Gasteiger partial charge >= 0.3 is 0 Å². The average Bonchev–Trinajstić information content (AvgIpc) is 2.95. The highest BCUT2D eigenvalue weighted by Gasteiger charge is 2.02. The number of nitrogens with zero attached hydrogens (tertiary/aromatic N) is 1. The lowest BCUT2D eigenvalue weighted by atomic mass is 10.2. The minimum Gasteiger partial charge on any atom is -0.497 e. The maximum atomic E-state index is 5.26. The number of rotatable bonds is 6. The van der Waals surface area contributed by atoms with Crippen LogP contribution in [-0.2, 0) is 6.54 Å². The van der Waals surface area contributed by atoms with E-state index in [2.05, 4.69) is 58.5 Å². The Kier molecular flexibility index (Phi) is 4.10. The standard InChI is InChI=1S/C18H20N2O/c1-21-17-8-9-18-15(14-17)10-13-20(18)12-5-11-19-16-6-3-2-4-7-16/h2-4,6-10,13-14,19H,5,11-12H2,1H3. The summed E-state index contributed by atoms with van der Waals surface area (Å²) in [6.07, 6.45) is 3.23. The Balaban J connectivity index is 1.58. The van der Waals surface area contributed by atoms with Gasteiger partial charge in [-0.1, -0.05) is 18.2 Å². The normalized spacial score (nSPS) is 10.7. The summed E-state index contributed by atoms with van der Waals surface area (Å²) in [4.78, 5) is 0. The van der Waals surface area contributed by atoms with Crippen molar-refractivity contribution in [2.24, 2.45) is 0 Å². The van der Waals surface area contributed by atoms with Gasteiger partial charge in [0.2, 0.25) is 0 Å². The van der Waals surface area contributed by atoms with E-state index >= 15 is 0 Å². The third-order valence-corrected chi connectivity index (χ3v) is 3.66. The molecule has 0 bridgehead atoms. The number of methoxy groups -OCH3 is 1. The van der Waals surface area contributed by atoms with Crippen LogP contribution in [-0.4, -0.2) is 18.2 Å². The van der Waals surface area contributed by atoms with Crippen molar-refractivity contribution in [2.45, 2.75) is 13.0 Å². The van der Waals surface area contributed by atoms with Gasteiger partial charge in [-0.05, 0) is 42.8 Å². The molecule has 0 saturated heterocycles. The Morgan fingerprint density at radius 3 is 2.71 bits per heavy atom. The van der Waals surface area contributed by atoms with Gasteiger partial charge in [-0.15, -0.1) is 0 Å². The van der Waals surface area contributed by atoms with Crippen molar-refractivity contribution in [3.8, 4) is 5.75 Å². The van der Waals surface area contributed by atoms with Crippen LogP contribution < -0.4 is 10.1 Å². The fourth-order valence-electron chi connectivity index (χ4n) is 2.54. The van der Waals surface area contributed by atoms with Gasteiger partial charge in [0, 0.05) is 35.9 Å². The lowest BCUT2D eigenvalue weighted by molar-refractivity contribution is 0.415. The smallest absolute Gasteiger partial charge is 0.119 e. The Hall–Kier alpha value is -2.42. The summed E-state index contributed by atoms with van der Waals surface area (Å²) in [5, 5.41) is 4.67. The van der Waals surface area contributed by atoms with Crippen molar-refractivity contribution in [3.05, 3.63) is 60.8 Å². The van der Waals surface area contributed by atoms with Gasteiger partial charge in [-0.25, -0.2) is 0 Å². The molecular formula is C18H20N2O. The molecule has 1 heterocycles. The summed E-state index contributed by atoms with van der Waals surface area (Å²) in [5.74, 6) is 0.908. The quantitative estimate of drug-likeness (QED) is 0.686. The van der Waals surface area contributed by atoms with Gasteiger partial charge < -0.3 is 14.6 Å². The van der Waals surface area contributed by atoms with E-state index in [4.69, 9.17) is 4.74 Å². The molecule has 0 fully saturated rings. The minimum atomic E-state index is 0.908. The first kappa shape index (κ1) is 13.6. The summed E-state index contributed by atoms with van der Waals surface area (Å²) in [6.45, 7) is 1.98. The zero-order valence-electron chi connectivity index (χ0n) is 12.3. The summed E-state index contributed by atoms with van der Waals surface area (Å²) in [6, 6.07) is 18.7. The lowest BCUT2D eigenvalue weighted by Gasteiger charge is -2.08. The van der Waals surface area contributed by atoms with Gasteiger partial charge in [-0.2, -0.15) is 0 Å². The second-order valence-electron chi connectivity index (χ2n) is 5.08. The molecule has 0 aliphatic carbocycles. The number of benzene rings is 2. The number of hydrogen-bond donors (Lipinski definition) is 1. The Labute approximate surface area is 125 Å². The Morgan fingerprint density at radius 2 is 1.90 bits per heavy atom. The van der Waals surface area contributed by atoms with Crippen LogP contribution >= 0.6 is 0 Å². The van der Waals surface area contributed by atoms with Crippen molar-refractivity contribution in [2.75, 3.05) is 19.0 Å². The molecule has 3 nitrogen and oxygen atoms in total. The maximum absolute atomic E-state index is 5.26. The highest BCUT2D eigenvalue weighted by molar-refractivity contribution is 5.81. The summed E-state index contributed by atoms with van der Waals surface area (Å²) in [5.41, 5.74) is 2.44. The molecule has 0 saturated carbocycles. The number of fused-ring (bicyclic) bond motifs is 1. The molecule has 0 amide bonds. The molecule has 0 atom stereocenters. The fourth-order valence-corrected chi connectivity index (χ4v) is 2.54. The van der Waals surface area contributed by atoms with Crippen molar-refractivity contribution >= 4 is 16.6 Å². The van der Waals surface area contributed by atoms with E-state index in [1.165, 1.54) is 16.6 Å². The van der Waals surface area contributed by atoms with E-state index in [1.807, 2.05) is 12.1 Å². The van der Waals surface area contributed by atoms with Crippen LogP contribution in [0.3, 0.4) is 0 Å². The highest BCUT2D eigenvalue weighted by atomic mass is 16.5. The molecule has 0 aliphatic rings. The van der Waals surface area contributed by atoms with Crippen LogP contribution in [0.2, 0.25) is 0 Å². The average molecular weight is 280 g/mol. The van der Waals surface area contributed by atoms with Crippen LogP contribution in [0.4, 0.5) is 5.69 Å². The van der Waals surface area contributed by atoms with Gasteiger partial charge in [0.15, 0.2) is 0 Å². The number of aryl methyl sites for hydroxylation is 1. The van der Waals surface area contributed by atoms with Gasteiger partial charge in [0.1, 0.15) is 5.75 Å². The summed E-state index contributed by atoms with van der Waals surface area (Å²) in [7, 11) is 1.70. The Bertz CT molecular complexity index is 704. The molecule has 0 spiro atoms. The number of hydrogen-bond acceptors (Lipinski definition) is 2. The van der Waals surface area contributed by atoms with E-state index < -0.39 is 0 Å². The molecule has 3 heteroatoms. The predicted molar refractivity (Wildman–Crippen MR) is 88.0 cm³/mol. The van der Waals surface area contributed by atoms with Crippen LogP contribution in [0.5, 0.6) is 5.75 Å². The largest absolute Gasteiger partial charge is 0.497 e. The van der Waals surface area contributed by atoms with Crippen molar-refractivity contribution in [1.82, 2.24) is 4.57 Å². The zero-order chi connectivity index (χ0) is 14.5. The number of anilines is 1. The monoisotopic (exact) mass is 280 g/mol. The molecule has 3 rings (SSSR count). The van der Waals surface area contributed by atoms with E-state index in [1.54, 1.807) is 7.11 Å². The third-order valence-electron chi connectivity index (χ3n) is 3.66. The molecule has 1 aromatic heterocycles. The first-order chi connectivity index (χ1) is 10.4. The molecule has 0 aliphatic heterocycles. The first-order valence-corrected chi connectivity index (χ1v) is 7.28. The minimum absolute atomic E-state index is 0.908. The third kappa shape index (κ3) is 3.19. The molecule has 21 heavy (non-hydrogen) atoms. The van der Waals surface area contributed by atoms with E-state index in [-0.39, 0.29) is 0 Å².